The molecule has 0 amide bonds. The number of hydrogen-bond donors (Lipinski definition) is 1. The van der Waals surface area contributed by atoms with Crippen LogP contribution in [0.2, 0.25) is 0 Å². The van der Waals surface area contributed by atoms with E-state index in [2.05, 4.69) is 56.1 Å². The monoisotopic (exact) mass is 435 g/mol. The summed E-state index contributed by atoms with van der Waals surface area (Å²) >= 11 is 1.67. The van der Waals surface area contributed by atoms with E-state index in [9.17, 15) is 4.79 Å². The summed E-state index contributed by atoms with van der Waals surface area (Å²) < 4.78 is 6.18. The number of carbonyl (C=O) groups is 1. The number of nitrogens with zero attached hydrogens (tertiary/aromatic N) is 1. The molecule has 162 valence electrons. The van der Waals surface area contributed by atoms with Gasteiger partial charge >= 0.3 is 5.97 Å². The molecule has 0 radical (unpaired) electrons. The molecule has 31 heavy (non-hydrogen) atoms. The van der Waals surface area contributed by atoms with Crippen molar-refractivity contribution < 1.29 is 14.6 Å². The third kappa shape index (κ3) is 6.11. The topological polar surface area (TPSA) is 59.4 Å². The molecule has 2 aromatic rings. The van der Waals surface area contributed by atoms with Gasteiger partial charge < -0.3 is 9.84 Å². The molecule has 1 heterocycles. The van der Waals surface area contributed by atoms with Crippen molar-refractivity contribution in [2.75, 3.05) is 12.9 Å². The van der Waals surface area contributed by atoms with Gasteiger partial charge in [-0.25, -0.2) is 4.79 Å². The van der Waals surface area contributed by atoms with Crippen LogP contribution in [0.5, 0.6) is 5.75 Å². The van der Waals surface area contributed by atoms with Gasteiger partial charge in [0.25, 0.3) is 0 Å². The summed E-state index contributed by atoms with van der Waals surface area (Å²) in [4.78, 5) is 16.3. The van der Waals surface area contributed by atoms with Crippen LogP contribution in [0.15, 0.2) is 65.2 Å². The fourth-order valence-corrected chi connectivity index (χ4v) is 4.17. The summed E-state index contributed by atoms with van der Waals surface area (Å²) in [5.74, 6) is 1.53. The Hall–Kier alpha value is -2.79. The van der Waals surface area contributed by atoms with Crippen molar-refractivity contribution in [3.8, 4) is 5.75 Å². The predicted molar refractivity (Wildman–Crippen MR) is 129 cm³/mol. The van der Waals surface area contributed by atoms with Crippen LogP contribution in [-0.4, -0.2) is 28.9 Å². The lowest BCUT2D eigenvalue weighted by Crippen LogP contribution is -2.18. The molecular weight excluding hydrogens is 406 g/mol. The van der Waals surface area contributed by atoms with Crippen molar-refractivity contribution in [1.82, 2.24) is 4.98 Å². The second-order valence-corrected chi connectivity index (χ2v) is 8.96. The van der Waals surface area contributed by atoms with Gasteiger partial charge in [-0.2, -0.15) is 0 Å². The Balaban J connectivity index is 1.75. The third-order valence-electron chi connectivity index (χ3n) is 5.46. The molecule has 0 fully saturated rings. The molecule has 5 heteroatoms. The van der Waals surface area contributed by atoms with Crippen LogP contribution < -0.4 is 4.74 Å². The Morgan fingerprint density at radius 1 is 1.26 bits per heavy atom. The van der Waals surface area contributed by atoms with Crippen LogP contribution in [0.4, 0.5) is 0 Å². The quantitative estimate of drug-likeness (QED) is 0.483. The van der Waals surface area contributed by atoms with Gasteiger partial charge in [0.05, 0.1) is 11.3 Å². The highest BCUT2D eigenvalue weighted by Crippen LogP contribution is 2.30. The Bertz CT molecular complexity index is 1010. The van der Waals surface area contributed by atoms with E-state index in [1.54, 1.807) is 23.9 Å². The summed E-state index contributed by atoms with van der Waals surface area (Å²) in [7, 11) is 0. The third-order valence-corrected chi connectivity index (χ3v) is 6.19. The molecule has 1 aromatic heterocycles. The molecule has 3 rings (SSSR count). The van der Waals surface area contributed by atoms with E-state index in [1.165, 1.54) is 11.8 Å². The highest BCUT2D eigenvalue weighted by molar-refractivity contribution is 7.98. The van der Waals surface area contributed by atoms with Crippen molar-refractivity contribution in [3.05, 3.63) is 77.2 Å². The number of aromatic carboxylic acids is 1. The number of rotatable bonds is 8. The second-order valence-electron chi connectivity index (χ2n) is 8.08. The molecule has 2 unspecified atom stereocenters. The first-order chi connectivity index (χ1) is 14.9. The van der Waals surface area contributed by atoms with Crippen molar-refractivity contribution in [1.29, 1.82) is 0 Å². The number of benzene rings is 1. The predicted octanol–water partition coefficient (Wildman–Crippen LogP) is 6.46. The molecular formula is C26H29NO3S. The largest absolute Gasteiger partial charge is 0.488 e. The van der Waals surface area contributed by atoms with E-state index in [4.69, 9.17) is 9.84 Å². The van der Waals surface area contributed by atoms with E-state index in [0.717, 1.165) is 16.2 Å². The molecule has 4 nitrogen and oxygen atoms in total. The maximum absolute atomic E-state index is 11.0. The van der Waals surface area contributed by atoms with Crippen LogP contribution in [-0.2, 0) is 0 Å². The number of carboxylic acid groups (broad SMARTS) is 1. The first-order valence-corrected chi connectivity index (χ1v) is 11.7. The van der Waals surface area contributed by atoms with Crippen LogP contribution >= 0.6 is 11.8 Å². The molecule has 1 aliphatic carbocycles. The summed E-state index contributed by atoms with van der Waals surface area (Å²) in [5, 5.41) is 9.02. The molecule has 0 aliphatic heterocycles. The maximum atomic E-state index is 11.0. The lowest BCUT2D eigenvalue weighted by atomic mass is 9.80. The Kier molecular flexibility index (Phi) is 7.75. The zero-order valence-corrected chi connectivity index (χ0v) is 19.2. The Morgan fingerprint density at radius 3 is 2.68 bits per heavy atom. The summed E-state index contributed by atoms with van der Waals surface area (Å²) in [5.41, 5.74) is 3.02. The van der Waals surface area contributed by atoms with Gasteiger partial charge in [-0.05, 0) is 72.1 Å². The maximum Gasteiger partial charge on any atom is 0.337 e. The van der Waals surface area contributed by atoms with E-state index in [0.29, 0.717) is 30.1 Å². The standard InChI is InChI=1S/C26H29NO3S/c1-17(2)24-11-5-19(13-18(24)3)16-30-25-12-10-23(31-4)14-20(25)6-8-22-9-7-21(15-27-22)26(28)29/h5-15,17-18,24H,16H2,1-4H3,(H,28,29)/b8-6+. The summed E-state index contributed by atoms with van der Waals surface area (Å²) in [6.45, 7) is 7.31. The fourth-order valence-electron chi connectivity index (χ4n) is 3.72. The molecule has 0 saturated carbocycles. The Labute approximate surface area is 188 Å². The SMILES string of the molecule is CSc1ccc(OCC2=CC(C)C(C(C)C)C=C2)c(/C=C/c2ccc(C(=O)O)cn2)c1. The van der Waals surface area contributed by atoms with Gasteiger partial charge in [-0.3, -0.25) is 4.98 Å². The number of allylic oxidation sites excluding steroid dienone is 2. The van der Waals surface area contributed by atoms with E-state index < -0.39 is 5.97 Å². The molecule has 1 aliphatic rings. The fraction of sp³-hybridized carbons (Fsp3) is 0.308. The van der Waals surface area contributed by atoms with Crippen molar-refractivity contribution >= 4 is 29.9 Å². The van der Waals surface area contributed by atoms with Gasteiger partial charge in [0, 0.05) is 16.7 Å². The average molecular weight is 436 g/mol. The number of carboxylic acids is 1. The summed E-state index contributed by atoms with van der Waals surface area (Å²) in [6.07, 6.45) is 14.0. The van der Waals surface area contributed by atoms with Gasteiger partial charge in [0.2, 0.25) is 0 Å². The first kappa shape index (κ1) is 22.9. The number of ether oxygens (including phenoxy) is 1. The normalized spacial score (nSPS) is 18.4. The van der Waals surface area contributed by atoms with Crippen LogP contribution in [0, 0.1) is 17.8 Å². The molecule has 1 aromatic carbocycles. The van der Waals surface area contributed by atoms with E-state index in [-0.39, 0.29) is 5.56 Å². The Morgan fingerprint density at radius 2 is 2.06 bits per heavy atom. The average Bonchev–Trinajstić information content (AvgIpc) is 2.76. The van der Waals surface area contributed by atoms with Crippen molar-refractivity contribution in [2.45, 2.75) is 25.7 Å². The second kappa shape index (κ2) is 10.5. The van der Waals surface area contributed by atoms with Crippen molar-refractivity contribution in [3.63, 3.8) is 0 Å². The lowest BCUT2D eigenvalue weighted by molar-refractivity contribution is 0.0696. The number of pyridine rings is 1. The minimum absolute atomic E-state index is 0.174. The van der Waals surface area contributed by atoms with Gasteiger partial charge in [0.15, 0.2) is 0 Å². The first-order valence-electron chi connectivity index (χ1n) is 10.4. The van der Waals surface area contributed by atoms with Crippen LogP contribution in [0.25, 0.3) is 12.2 Å². The van der Waals surface area contributed by atoms with Crippen LogP contribution in [0.3, 0.4) is 0 Å². The van der Waals surface area contributed by atoms with Gasteiger partial charge in [0.1, 0.15) is 12.4 Å². The lowest BCUT2D eigenvalue weighted by Gasteiger charge is -2.26. The van der Waals surface area contributed by atoms with Crippen molar-refractivity contribution in [2.24, 2.45) is 17.8 Å². The smallest absolute Gasteiger partial charge is 0.337 e. The molecule has 0 spiro atoms. The van der Waals surface area contributed by atoms with Gasteiger partial charge in [-0.1, -0.05) is 39.0 Å². The molecule has 1 N–H and O–H groups in total. The number of aromatic nitrogens is 1. The zero-order valence-electron chi connectivity index (χ0n) is 18.4. The van der Waals surface area contributed by atoms with E-state index >= 15 is 0 Å². The number of thioether (sulfide) groups is 1. The van der Waals surface area contributed by atoms with Gasteiger partial charge in [-0.15, -0.1) is 11.8 Å². The molecule has 0 saturated heterocycles. The number of hydrogen-bond acceptors (Lipinski definition) is 4. The highest BCUT2D eigenvalue weighted by Gasteiger charge is 2.20. The highest BCUT2D eigenvalue weighted by atomic mass is 32.2. The summed E-state index contributed by atoms with van der Waals surface area (Å²) in [6, 6.07) is 9.39. The zero-order chi connectivity index (χ0) is 22.4. The van der Waals surface area contributed by atoms with Crippen LogP contribution in [0.1, 0.15) is 42.4 Å². The molecule has 0 bridgehead atoms. The minimum Gasteiger partial charge on any atom is -0.488 e. The van der Waals surface area contributed by atoms with E-state index in [1.807, 2.05) is 24.5 Å². The molecule has 2 atom stereocenters. The minimum atomic E-state index is -0.980.